The van der Waals surface area contributed by atoms with Gasteiger partial charge in [0.1, 0.15) is 0 Å². The van der Waals surface area contributed by atoms with Crippen LogP contribution < -0.4 is 10.9 Å². The minimum absolute atomic E-state index is 0.898. The Morgan fingerprint density at radius 1 is 1.60 bits per heavy atom. The Balaban J connectivity index is 2.43. The molecule has 3 heteroatoms. The van der Waals surface area contributed by atoms with Crippen LogP contribution in [0.5, 0.6) is 0 Å². The second kappa shape index (κ2) is 3.85. The van der Waals surface area contributed by atoms with Gasteiger partial charge >= 0.3 is 0 Å². The van der Waals surface area contributed by atoms with Gasteiger partial charge in [-0.05, 0) is 12.1 Å². The summed E-state index contributed by atoms with van der Waals surface area (Å²) in [5.41, 5.74) is 6.95. The average Bonchev–Trinajstić information content (AvgIpc) is 2.03. The molecule has 3 nitrogen and oxygen atoms in total. The van der Waals surface area contributed by atoms with Gasteiger partial charge in [0.25, 0.3) is 0 Å². The highest BCUT2D eigenvalue weighted by molar-refractivity contribution is 5.38. The number of aromatic nitrogens is 1. The van der Waals surface area contributed by atoms with Crippen molar-refractivity contribution in [2.45, 2.75) is 6.92 Å². The Morgan fingerprint density at radius 2 is 2.50 bits per heavy atom. The van der Waals surface area contributed by atoms with Gasteiger partial charge in [0.2, 0.25) is 0 Å². The Hall–Kier alpha value is -1.09. The van der Waals surface area contributed by atoms with E-state index in [0.717, 1.165) is 12.2 Å². The second-order valence-electron chi connectivity index (χ2n) is 1.90. The number of nitrogens with one attached hydrogen (secondary N) is 2. The van der Waals surface area contributed by atoms with E-state index in [-0.39, 0.29) is 0 Å². The largest absolute Gasteiger partial charge is 0.320 e. The van der Waals surface area contributed by atoms with E-state index in [4.69, 9.17) is 0 Å². The number of hydrogen-bond acceptors (Lipinski definition) is 3. The number of hydrogen-bond donors (Lipinski definition) is 2. The molecule has 0 amide bonds. The van der Waals surface area contributed by atoms with Gasteiger partial charge in [-0.25, -0.2) is 5.43 Å². The second-order valence-corrected chi connectivity index (χ2v) is 1.90. The molecule has 0 aromatic carbocycles. The van der Waals surface area contributed by atoms with Crippen molar-refractivity contribution in [1.82, 2.24) is 10.4 Å². The van der Waals surface area contributed by atoms with Crippen LogP contribution in [0.25, 0.3) is 0 Å². The van der Waals surface area contributed by atoms with Crippen LogP contribution in [-0.2, 0) is 0 Å². The lowest BCUT2D eigenvalue weighted by molar-refractivity contribution is 0.843. The topological polar surface area (TPSA) is 37.0 Å². The molecule has 0 bridgehead atoms. The summed E-state index contributed by atoms with van der Waals surface area (Å²) in [6, 6.07) is 3.84. The molecular formula is C7H11N3. The van der Waals surface area contributed by atoms with Gasteiger partial charge in [-0.3, -0.25) is 4.98 Å². The van der Waals surface area contributed by atoms with Gasteiger partial charge < -0.3 is 5.43 Å². The molecule has 0 saturated carbocycles. The summed E-state index contributed by atoms with van der Waals surface area (Å²) in [6.45, 7) is 2.93. The molecular weight excluding hydrogens is 126 g/mol. The molecule has 0 saturated heterocycles. The van der Waals surface area contributed by atoms with Crippen molar-refractivity contribution in [2.75, 3.05) is 12.0 Å². The van der Waals surface area contributed by atoms with Gasteiger partial charge in [-0.15, -0.1) is 0 Å². The number of pyridine rings is 1. The zero-order valence-corrected chi connectivity index (χ0v) is 5.96. The molecule has 0 spiro atoms. The molecule has 1 rings (SSSR count). The Morgan fingerprint density at radius 3 is 3.10 bits per heavy atom. The van der Waals surface area contributed by atoms with E-state index in [1.165, 1.54) is 0 Å². The van der Waals surface area contributed by atoms with Crippen molar-refractivity contribution in [3.05, 3.63) is 24.5 Å². The molecule has 0 aliphatic carbocycles. The van der Waals surface area contributed by atoms with Crippen LogP contribution in [0.1, 0.15) is 6.92 Å². The Kier molecular flexibility index (Phi) is 2.70. The van der Waals surface area contributed by atoms with Crippen LogP contribution in [-0.4, -0.2) is 11.5 Å². The van der Waals surface area contributed by atoms with Crippen molar-refractivity contribution >= 4 is 5.69 Å². The molecule has 54 valence electrons. The van der Waals surface area contributed by atoms with Crippen LogP contribution in [0.3, 0.4) is 0 Å². The fourth-order valence-electron chi connectivity index (χ4n) is 0.627. The van der Waals surface area contributed by atoms with Crippen molar-refractivity contribution in [2.24, 2.45) is 0 Å². The van der Waals surface area contributed by atoms with Crippen LogP contribution >= 0.6 is 0 Å². The van der Waals surface area contributed by atoms with E-state index in [1.54, 1.807) is 12.4 Å². The normalized spacial score (nSPS) is 9.30. The maximum Gasteiger partial charge on any atom is 0.0671 e. The lowest BCUT2D eigenvalue weighted by Gasteiger charge is -2.03. The standard InChI is InChI=1S/C7H11N3/c1-2-9-10-7-4-3-5-8-6-7/h3-6,9-10H,2H2,1H3. The van der Waals surface area contributed by atoms with Crippen molar-refractivity contribution in [1.29, 1.82) is 0 Å². The van der Waals surface area contributed by atoms with Crippen molar-refractivity contribution in [3.63, 3.8) is 0 Å². The molecule has 0 unspecified atom stereocenters. The molecule has 0 aliphatic heterocycles. The average molecular weight is 137 g/mol. The van der Waals surface area contributed by atoms with Crippen molar-refractivity contribution < 1.29 is 0 Å². The first-order chi connectivity index (χ1) is 4.93. The highest BCUT2D eigenvalue weighted by Gasteiger charge is 1.84. The predicted octanol–water partition coefficient (Wildman–Crippen LogP) is 1.02. The fourth-order valence-corrected chi connectivity index (χ4v) is 0.627. The number of anilines is 1. The molecule has 1 heterocycles. The molecule has 0 fully saturated rings. The third-order valence-corrected chi connectivity index (χ3v) is 1.07. The van der Waals surface area contributed by atoms with Crippen LogP contribution in [0, 0.1) is 0 Å². The van der Waals surface area contributed by atoms with Gasteiger partial charge in [0.05, 0.1) is 11.9 Å². The first kappa shape index (κ1) is 7.02. The smallest absolute Gasteiger partial charge is 0.0671 e. The van der Waals surface area contributed by atoms with E-state index < -0.39 is 0 Å². The highest BCUT2D eigenvalue weighted by Crippen LogP contribution is 1.98. The number of rotatable bonds is 3. The van der Waals surface area contributed by atoms with E-state index >= 15 is 0 Å². The highest BCUT2D eigenvalue weighted by atomic mass is 15.3. The van der Waals surface area contributed by atoms with Gasteiger partial charge in [0, 0.05) is 12.7 Å². The van der Waals surface area contributed by atoms with Crippen LogP contribution in [0.2, 0.25) is 0 Å². The minimum atomic E-state index is 0.898. The summed E-state index contributed by atoms with van der Waals surface area (Å²) in [5.74, 6) is 0. The molecule has 2 N–H and O–H groups in total. The third kappa shape index (κ3) is 2.03. The van der Waals surface area contributed by atoms with Gasteiger partial charge in [0.15, 0.2) is 0 Å². The predicted molar refractivity (Wildman–Crippen MR) is 41.5 cm³/mol. The molecule has 1 aromatic heterocycles. The summed E-state index contributed by atoms with van der Waals surface area (Å²) >= 11 is 0. The summed E-state index contributed by atoms with van der Waals surface area (Å²) in [7, 11) is 0. The van der Waals surface area contributed by atoms with Crippen LogP contribution in [0.4, 0.5) is 5.69 Å². The lowest BCUT2D eigenvalue weighted by atomic mass is 10.4. The summed E-state index contributed by atoms with van der Waals surface area (Å²) in [5, 5.41) is 0. The molecule has 10 heavy (non-hydrogen) atoms. The zero-order chi connectivity index (χ0) is 7.23. The first-order valence-electron chi connectivity index (χ1n) is 3.32. The van der Waals surface area contributed by atoms with E-state index in [1.807, 2.05) is 19.1 Å². The van der Waals surface area contributed by atoms with Crippen LogP contribution in [0.15, 0.2) is 24.5 Å². The minimum Gasteiger partial charge on any atom is -0.320 e. The van der Waals surface area contributed by atoms with Gasteiger partial charge in [-0.2, -0.15) is 0 Å². The third-order valence-electron chi connectivity index (χ3n) is 1.07. The van der Waals surface area contributed by atoms with Crippen molar-refractivity contribution in [3.8, 4) is 0 Å². The maximum atomic E-state index is 3.94. The summed E-state index contributed by atoms with van der Waals surface area (Å²) in [4.78, 5) is 3.94. The Bertz CT molecular complexity index is 173. The van der Waals surface area contributed by atoms with Gasteiger partial charge in [-0.1, -0.05) is 6.92 Å². The maximum absolute atomic E-state index is 3.94. The first-order valence-corrected chi connectivity index (χ1v) is 3.32. The number of hydrazine groups is 1. The molecule has 0 radical (unpaired) electrons. The quantitative estimate of drug-likeness (QED) is 0.611. The SMILES string of the molecule is CCNNc1cccnc1. The number of nitrogens with zero attached hydrogens (tertiary/aromatic N) is 1. The van der Waals surface area contributed by atoms with E-state index in [9.17, 15) is 0 Å². The summed E-state index contributed by atoms with van der Waals surface area (Å²) in [6.07, 6.45) is 3.51. The summed E-state index contributed by atoms with van der Waals surface area (Å²) < 4.78 is 0. The molecule has 0 atom stereocenters. The monoisotopic (exact) mass is 137 g/mol. The van der Waals surface area contributed by atoms with E-state index in [2.05, 4.69) is 15.8 Å². The lowest BCUT2D eigenvalue weighted by Crippen LogP contribution is -2.20. The fraction of sp³-hybridized carbons (Fsp3) is 0.286. The molecule has 1 aromatic rings. The molecule has 0 aliphatic rings. The zero-order valence-electron chi connectivity index (χ0n) is 5.96. The Labute approximate surface area is 60.5 Å². The van der Waals surface area contributed by atoms with E-state index in [0.29, 0.717) is 0 Å².